The van der Waals surface area contributed by atoms with Gasteiger partial charge in [0.05, 0.1) is 6.42 Å². The van der Waals surface area contributed by atoms with Gasteiger partial charge < -0.3 is 15.2 Å². The van der Waals surface area contributed by atoms with Gasteiger partial charge in [-0.05, 0) is 37.9 Å². The van der Waals surface area contributed by atoms with E-state index in [1.54, 1.807) is 0 Å². The van der Waals surface area contributed by atoms with Crippen LogP contribution in [0.15, 0.2) is 18.2 Å². The molecule has 2 N–H and O–H groups in total. The second kappa shape index (κ2) is 6.81. The summed E-state index contributed by atoms with van der Waals surface area (Å²) in [6.07, 6.45) is 1.55. The molecule has 2 aliphatic heterocycles. The number of nitrogens with zero attached hydrogens (tertiary/aromatic N) is 2. The van der Waals surface area contributed by atoms with Crippen molar-refractivity contribution in [1.82, 2.24) is 20.1 Å². The van der Waals surface area contributed by atoms with Crippen LogP contribution in [-0.2, 0) is 24.2 Å². The zero-order chi connectivity index (χ0) is 17.4. The highest BCUT2D eigenvalue weighted by Crippen LogP contribution is 2.28. The second-order valence-corrected chi connectivity index (χ2v) is 7.54. The van der Waals surface area contributed by atoms with Gasteiger partial charge in [-0.1, -0.05) is 18.2 Å². The Morgan fingerprint density at radius 1 is 1.20 bits per heavy atom. The fraction of sp³-hybridized carbons (Fsp3) is 0.550. The summed E-state index contributed by atoms with van der Waals surface area (Å²) >= 11 is 0. The van der Waals surface area contributed by atoms with Crippen LogP contribution in [0.25, 0.3) is 10.9 Å². The molecular formula is C20H28N4O. The molecule has 3 heterocycles. The summed E-state index contributed by atoms with van der Waals surface area (Å²) in [7, 11) is 0. The minimum Gasteiger partial charge on any atom is -0.357 e. The lowest BCUT2D eigenvalue weighted by Crippen LogP contribution is -2.51. The van der Waals surface area contributed by atoms with E-state index in [-0.39, 0.29) is 5.91 Å². The van der Waals surface area contributed by atoms with Crippen LogP contribution in [0.1, 0.15) is 30.7 Å². The van der Waals surface area contributed by atoms with Gasteiger partial charge in [0.1, 0.15) is 0 Å². The molecule has 1 amide bonds. The molecule has 5 heteroatoms. The molecule has 0 saturated carbocycles. The lowest BCUT2D eigenvalue weighted by atomic mass is 10.0. The quantitative estimate of drug-likeness (QED) is 0.897. The minimum absolute atomic E-state index is 0.251. The molecule has 0 spiro atoms. The average Bonchev–Trinajstić information content (AvgIpc) is 3.01. The average molecular weight is 340 g/mol. The summed E-state index contributed by atoms with van der Waals surface area (Å²) in [4.78, 5) is 20.9. The van der Waals surface area contributed by atoms with Gasteiger partial charge in [-0.15, -0.1) is 0 Å². The Morgan fingerprint density at radius 2 is 2.00 bits per heavy atom. The van der Waals surface area contributed by atoms with Gasteiger partial charge in [0.25, 0.3) is 0 Å². The van der Waals surface area contributed by atoms with E-state index in [4.69, 9.17) is 0 Å². The highest BCUT2D eigenvalue weighted by atomic mass is 16.2. The summed E-state index contributed by atoms with van der Waals surface area (Å²) in [5.41, 5.74) is 4.99. The van der Waals surface area contributed by atoms with Gasteiger partial charge in [-0.3, -0.25) is 9.69 Å². The molecule has 1 aromatic heterocycles. The Labute approximate surface area is 149 Å². The van der Waals surface area contributed by atoms with Crippen molar-refractivity contribution in [2.24, 2.45) is 0 Å². The molecule has 134 valence electrons. The number of hydrogen-bond donors (Lipinski definition) is 2. The molecule has 2 aliphatic rings. The Kier molecular flexibility index (Phi) is 4.52. The molecule has 0 atom stereocenters. The molecule has 0 unspecified atom stereocenters. The summed E-state index contributed by atoms with van der Waals surface area (Å²) in [6.45, 7) is 10.0. The molecule has 1 saturated heterocycles. The summed E-state index contributed by atoms with van der Waals surface area (Å²) in [5.74, 6) is 0.251. The zero-order valence-electron chi connectivity index (χ0n) is 15.3. The van der Waals surface area contributed by atoms with E-state index in [9.17, 15) is 4.79 Å². The smallest absolute Gasteiger partial charge is 0.227 e. The molecule has 2 aromatic rings. The maximum atomic E-state index is 12.8. The lowest BCUT2D eigenvalue weighted by Gasteiger charge is -2.37. The van der Waals surface area contributed by atoms with Crippen LogP contribution in [0.4, 0.5) is 0 Å². The maximum Gasteiger partial charge on any atom is 0.227 e. The van der Waals surface area contributed by atoms with Crippen molar-refractivity contribution in [3.63, 3.8) is 0 Å². The zero-order valence-corrected chi connectivity index (χ0v) is 15.3. The molecule has 0 radical (unpaired) electrons. The third kappa shape index (κ3) is 3.18. The Bertz CT molecular complexity index is 771. The molecular weight excluding hydrogens is 312 g/mol. The van der Waals surface area contributed by atoms with E-state index >= 15 is 0 Å². The number of carbonyl (C=O) groups excluding carboxylic acids is 1. The van der Waals surface area contributed by atoms with Crippen molar-refractivity contribution in [2.45, 2.75) is 39.3 Å². The van der Waals surface area contributed by atoms with Gasteiger partial charge in [0.15, 0.2) is 0 Å². The third-order valence-electron chi connectivity index (χ3n) is 5.71. The predicted molar refractivity (Wildman–Crippen MR) is 101 cm³/mol. The number of aromatic amines is 1. The van der Waals surface area contributed by atoms with Crippen LogP contribution >= 0.6 is 0 Å². The molecule has 4 rings (SSSR count). The highest BCUT2D eigenvalue weighted by molar-refractivity contribution is 5.91. The fourth-order valence-corrected chi connectivity index (χ4v) is 4.16. The number of para-hydroxylation sites is 1. The summed E-state index contributed by atoms with van der Waals surface area (Å²) < 4.78 is 0. The number of carbonyl (C=O) groups is 1. The van der Waals surface area contributed by atoms with Crippen molar-refractivity contribution in [1.29, 1.82) is 0 Å². The Hall–Kier alpha value is -1.85. The number of H-pyrrole nitrogens is 1. The maximum absolute atomic E-state index is 12.8. The number of amides is 1. The van der Waals surface area contributed by atoms with Gasteiger partial charge in [0.2, 0.25) is 5.91 Å². The van der Waals surface area contributed by atoms with Gasteiger partial charge in [-0.25, -0.2) is 0 Å². The number of fused-ring (bicyclic) bond motifs is 3. The topological polar surface area (TPSA) is 51.4 Å². The largest absolute Gasteiger partial charge is 0.357 e. The normalized spacial score (nSPS) is 18.8. The fourth-order valence-electron chi connectivity index (χ4n) is 4.16. The molecule has 1 aromatic carbocycles. The first kappa shape index (κ1) is 16.6. The second-order valence-electron chi connectivity index (χ2n) is 7.54. The van der Waals surface area contributed by atoms with E-state index in [2.05, 4.69) is 47.2 Å². The van der Waals surface area contributed by atoms with Crippen LogP contribution in [0.5, 0.6) is 0 Å². The van der Waals surface area contributed by atoms with Crippen LogP contribution in [0, 0.1) is 0 Å². The monoisotopic (exact) mass is 340 g/mol. The Balaban J connectivity index is 1.51. The van der Waals surface area contributed by atoms with Crippen molar-refractivity contribution in [3.8, 4) is 0 Å². The van der Waals surface area contributed by atoms with Crippen LogP contribution in [0.3, 0.4) is 0 Å². The molecule has 1 fully saturated rings. The summed E-state index contributed by atoms with van der Waals surface area (Å²) in [6, 6.07) is 6.94. The SMILES string of the molecule is CC(C)N1CCN(C(=O)Cc2cccc3c4c([nH]c23)CNCC4)CC1. The first-order valence-electron chi connectivity index (χ1n) is 9.47. The van der Waals surface area contributed by atoms with E-state index < -0.39 is 0 Å². The van der Waals surface area contributed by atoms with Crippen LogP contribution in [-0.4, -0.2) is 59.5 Å². The van der Waals surface area contributed by atoms with E-state index in [1.807, 2.05) is 4.90 Å². The van der Waals surface area contributed by atoms with E-state index in [0.29, 0.717) is 12.5 Å². The molecule has 0 aliphatic carbocycles. The number of aromatic nitrogens is 1. The standard InChI is InChI=1S/C20H28N4O/c1-14(2)23-8-10-24(11-9-23)19(25)12-15-4-3-5-17-16-6-7-21-13-18(16)22-20(15)17/h3-5,14,21-22H,6-13H2,1-2H3. The van der Waals surface area contributed by atoms with Crippen LogP contribution < -0.4 is 5.32 Å². The first-order valence-corrected chi connectivity index (χ1v) is 9.47. The van der Waals surface area contributed by atoms with E-state index in [0.717, 1.165) is 56.8 Å². The van der Waals surface area contributed by atoms with Gasteiger partial charge in [0, 0.05) is 55.4 Å². The molecule has 0 bridgehead atoms. The Morgan fingerprint density at radius 3 is 2.76 bits per heavy atom. The molecule has 25 heavy (non-hydrogen) atoms. The van der Waals surface area contributed by atoms with E-state index in [1.165, 1.54) is 16.6 Å². The molecule has 5 nitrogen and oxygen atoms in total. The van der Waals surface area contributed by atoms with Crippen molar-refractivity contribution in [2.75, 3.05) is 32.7 Å². The number of hydrogen-bond acceptors (Lipinski definition) is 3. The van der Waals surface area contributed by atoms with Crippen molar-refractivity contribution >= 4 is 16.8 Å². The van der Waals surface area contributed by atoms with Crippen molar-refractivity contribution in [3.05, 3.63) is 35.0 Å². The number of nitrogens with one attached hydrogen (secondary N) is 2. The first-order chi connectivity index (χ1) is 12.1. The van der Waals surface area contributed by atoms with Crippen LogP contribution in [0.2, 0.25) is 0 Å². The van der Waals surface area contributed by atoms with Gasteiger partial charge in [-0.2, -0.15) is 0 Å². The number of piperazine rings is 1. The number of benzene rings is 1. The lowest BCUT2D eigenvalue weighted by molar-refractivity contribution is -0.132. The highest BCUT2D eigenvalue weighted by Gasteiger charge is 2.23. The summed E-state index contributed by atoms with van der Waals surface area (Å²) in [5, 5.41) is 4.71. The third-order valence-corrected chi connectivity index (χ3v) is 5.71. The number of rotatable bonds is 3. The van der Waals surface area contributed by atoms with Gasteiger partial charge >= 0.3 is 0 Å². The van der Waals surface area contributed by atoms with Crippen molar-refractivity contribution < 1.29 is 4.79 Å². The minimum atomic E-state index is 0.251. The predicted octanol–water partition coefficient (Wildman–Crippen LogP) is 1.91.